The van der Waals surface area contributed by atoms with Gasteiger partial charge in [-0.2, -0.15) is 13.2 Å². The van der Waals surface area contributed by atoms with Crippen LogP contribution in [0.5, 0.6) is 0 Å². The largest absolute Gasteiger partial charge is 0.507 e. The zero-order valence-corrected chi connectivity index (χ0v) is 8.99. The zero-order valence-electron chi connectivity index (χ0n) is 7.36. The maximum atomic E-state index is 11.9. The molecule has 15 heavy (non-hydrogen) atoms. The summed E-state index contributed by atoms with van der Waals surface area (Å²) in [7, 11) is -5.19. The summed E-state index contributed by atoms with van der Waals surface area (Å²) in [6.07, 6.45) is 0. The second kappa shape index (κ2) is 4.44. The lowest BCUT2D eigenvalue weighted by atomic mass is 10.2. The van der Waals surface area contributed by atoms with Crippen molar-refractivity contribution in [1.82, 2.24) is 0 Å². The molecule has 0 aromatic heterocycles. The third-order valence-electron chi connectivity index (χ3n) is 1.51. The van der Waals surface area contributed by atoms with Gasteiger partial charge in [-0.05, 0) is 16.4 Å². The Morgan fingerprint density at radius 3 is 2.13 bits per heavy atom. The van der Waals surface area contributed by atoms with Crippen LogP contribution < -0.4 is 0 Å². The molecule has 0 saturated carbocycles. The van der Waals surface area contributed by atoms with Crippen molar-refractivity contribution < 1.29 is 21.6 Å². The first-order chi connectivity index (χ1) is 6.83. The quantitative estimate of drug-likeness (QED) is 0.780. The lowest BCUT2D eigenvalue weighted by Crippen LogP contribution is -2.19. The van der Waals surface area contributed by atoms with Gasteiger partial charge in [0.05, 0.1) is 0 Å². The minimum Gasteiger partial charge on any atom is -0.208 e. The molecule has 0 bridgehead atoms. The highest BCUT2D eigenvalue weighted by molar-refractivity contribution is 8.72. The van der Waals surface area contributed by atoms with Gasteiger partial charge in [-0.3, -0.25) is 0 Å². The lowest BCUT2D eigenvalue weighted by molar-refractivity contribution is -0.0410. The fourth-order valence-corrected chi connectivity index (χ4v) is 2.68. The van der Waals surface area contributed by atoms with Crippen molar-refractivity contribution in [3.63, 3.8) is 0 Å². The molecule has 0 heterocycles. The van der Waals surface area contributed by atoms with Gasteiger partial charge in [-0.15, -0.1) is 0 Å². The van der Waals surface area contributed by atoms with Gasteiger partial charge in [-0.25, -0.2) is 8.42 Å². The van der Waals surface area contributed by atoms with Crippen LogP contribution in [0.2, 0.25) is 0 Å². The van der Waals surface area contributed by atoms with E-state index in [2.05, 4.69) is 0 Å². The Bertz CT molecular complexity index is 411. The van der Waals surface area contributed by atoms with Gasteiger partial charge < -0.3 is 0 Å². The first-order valence-electron chi connectivity index (χ1n) is 3.82. The molecule has 0 radical (unpaired) electrons. The van der Waals surface area contributed by atoms with Gasteiger partial charge in [0.1, 0.15) is 0 Å². The molecular weight excluding hydrogens is 249 g/mol. The van der Waals surface area contributed by atoms with Crippen molar-refractivity contribution in [2.45, 2.75) is 11.3 Å². The third-order valence-corrected chi connectivity index (χ3v) is 4.69. The van der Waals surface area contributed by atoms with E-state index in [-0.39, 0.29) is 16.5 Å². The topological polar surface area (TPSA) is 34.1 Å². The fraction of sp³-hybridized carbons (Fsp3) is 0.250. The molecule has 2 nitrogen and oxygen atoms in total. The van der Waals surface area contributed by atoms with Crippen LogP contribution in [0.3, 0.4) is 0 Å². The Kier molecular flexibility index (Phi) is 3.67. The van der Waals surface area contributed by atoms with Crippen molar-refractivity contribution in [3.05, 3.63) is 35.9 Å². The summed E-state index contributed by atoms with van der Waals surface area (Å²) in [6.45, 7) is 0. The Balaban J connectivity index is 2.67. The van der Waals surface area contributed by atoms with Crippen LogP contribution in [0.1, 0.15) is 5.56 Å². The Morgan fingerprint density at radius 1 is 1.13 bits per heavy atom. The van der Waals surface area contributed by atoms with Gasteiger partial charge in [-0.1, -0.05) is 30.3 Å². The van der Waals surface area contributed by atoms with Crippen LogP contribution in [0, 0.1) is 0 Å². The second-order valence-corrected chi connectivity index (χ2v) is 6.57. The van der Waals surface area contributed by atoms with E-state index >= 15 is 0 Å². The van der Waals surface area contributed by atoms with Crippen molar-refractivity contribution in [1.29, 1.82) is 0 Å². The zero-order chi connectivity index (χ0) is 11.5. The van der Waals surface area contributed by atoms with E-state index in [4.69, 9.17) is 0 Å². The van der Waals surface area contributed by atoms with Crippen molar-refractivity contribution in [2.24, 2.45) is 0 Å². The molecule has 0 amide bonds. The van der Waals surface area contributed by atoms with Crippen LogP contribution in [0.25, 0.3) is 0 Å². The molecule has 1 rings (SSSR count). The summed E-state index contributed by atoms with van der Waals surface area (Å²) in [5.74, 6) is -0.206. The number of benzene rings is 1. The third kappa shape index (κ3) is 3.42. The molecule has 84 valence electrons. The average molecular weight is 256 g/mol. The summed E-state index contributed by atoms with van der Waals surface area (Å²) in [5, 5.41) is 0. The van der Waals surface area contributed by atoms with Gasteiger partial charge in [0.25, 0.3) is 8.87 Å². The monoisotopic (exact) mass is 256 g/mol. The Hall–Kier alpha value is -0.690. The smallest absolute Gasteiger partial charge is 0.208 e. The van der Waals surface area contributed by atoms with E-state index < -0.39 is 14.4 Å². The van der Waals surface area contributed by atoms with Gasteiger partial charge in [0.2, 0.25) is 0 Å². The Labute approximate surface area is 88.8 Å². The van der Waals surface area contributed by atoms with Gasteiger partial charge in [0.15, 0.2) is 0 Å². The summed E-state index contributed by atoms with van der Waals surface area (Å²) in [5.41, 5.74) is -4.65. The van der Waals surface area contributed by atoms with Gasteiger partial charge >= 0.3 is 5.51 Å². The molecule has 0 fully saturated rings. The van der Waals surface area contributed by atoms with Crippen LogP contribution in [0.4, 0.5) is 13.2 Å². The summed E-state index contributed by atoms with van der Waals surface area (Å²) in [4.78, 5) is 0. The van der Waals surface area contributed by atoms with Crippen LogP contribution in [0.15, 0.2) is 30.3 Å². The average Bonchev–Trinajstić information content (AvgIpc) is 2.15. The maximum absolute atomic E-state index is 11.9. The molecule has 1 aromatic rings. The molecule has 0 spiro atoms. The Morgan fingerprint density at radius 2 is 1.67 bits per heavy atom. The highest BCUT2D eigenvalue weighted by atomic mass is 33.1. The van der Waals surface area contributed by atoms with E-state index in [0.29, 0.717) is 5.56 Å². The van der Waals surface area contributed by atoms with Crippen LogP contribution >= 0.6 is 10.8 Å². The van der Waals surface area contributed by atoms with E-state index in [9.17, 15) is 21.6 Å². The number of hydrogen-bond acceptors (Lipinski definition) is 3. The summed E-state index contributed by atoms with van der Waals surface area (Å²) in [6, 6.07) is 8.11. The van der Waals surface area contributed by atoms with Crippen molar-refractivity contribution >= 4 is 19.7 Å². The van der Waals surface area contributed by atoms with Crippen molar-refractivity contribution in [2.75, 3.05) is 0 Å². The van der Waals surface area contributed by atoms with Crippen LogP contribution in [-0.4, -0.2) is 13.9 Å². The molecule has 0 unspecified atom stereocenters. The summed E-state index contributed by atoms with van der Waals surface area (Å²) >= 11 is 0. The number of rotatable bonds is 3. The lowest BCUT2D eigenvalue weighted by Gasteiger charge is -2.06. The predicted octanol–water partition coefficient (Wildman–Crippen LogP) is 2.77. The first-order valence-corrected chi connectivity index (χ1v) is 6.81. The number of hydrogen-bond donors (Lipinski definition) is 0. The molecule has 0 saturated heterocycles. The highest BCUT2D eigenvalue weighted by Gasteiger charge is 2.46. The molecular formula is C8H7F3O2S2. The molecule has 0 N–H and O–H groups in total. The summed E-state index contributed by atoms with van der Waals surface area (Å²) < 4.78 is 57.1. The minimum absolute atomic E-state index is 0.114. The van der Waals surface area contributed by atoms with E-state index in [1.807, 2.05) is 0 Å². The molecule has 0 atom stereocenters. The van der Waals surface area contributed by atoms with Gasteiger partial charge in [0, 0.05) is 5.75 Å². The molecule has 0 aliphatic rings. The fourth-order valence-electron chi connectivity index (χ4n) is 0.787. The minimum atomic E-state index is -5.19. The normalized spacial score (nSPS) is 12.7. The molecule has 0 aliphatic carbocycles. The predicted molar refractivity (Wildman–Crippen MR) is 52.7 cm³/mol. The standard InChI is InChI=1S/C8H7F3O2S2/c9-8(10,11)15(12,13)14-6-7-4-2-1-3-5-7/h1-5H,6H2. The number of halogens is 3. The van der Waals surface area contributed by atoms with E-state index in [1.165, 1.54) is 0 Å². The van der Waals surface area contributed by atoms with E-state index in [0.717, 1.165) is 0 Å². The van der Waals surface area contributed by atoms with Crippen molar-refractivity contribution in [3.8, 4) is 0 Å². The second-order valence-electron chi connectivity index (χ2n) is 2.65. The number of alkyl halides is 3. The SMILES string of the molecule is O=S(=O)(SCc1ccccc1)C(F)(F)F. The van der Waals surface area contributed by atoms with Crippen LogP contribution in [-0.2, 0) is 14.6 Å². The molecule has 7 heteroatoms. The molecule has 0 aliphatic heterocycles. The first kappa shape index (κ1) is 12.4. The highest BCUT2D eigenvalue weighted by Crippen LogP contribution is 2.34. The molecule has 1 aromatic carbocycles. The van der Waals surface area contributed by atoms with E-state index in [1.54, 1.807) is 30.3 Å². The maximum Gasteiger partial charge on any atom is 0.507 e.